The summed E-state index contributed by atoms with van der Waals surface area (Å²) < 4.78 is 0. The predicted molar refractivity (Wildman–Crippen MR) is 80.3 cm³/mol. The van der Waals surface area contributed by atoms with Crippen molar-refractivity contribution in [3.63, 3.8) is 0 Å². The monoisotopic (exact) mass is 283 g/mol. The van der Waals surface area contributed by atoms with Crippen LogP contribution in [0, 0.1) is 5.92 Å². The Morgan fingerprint density at radius 1 is 1.15 bits per heavy atom. The number of hydrogen-bond acceptors (Lipinski definition) is 3. The Hall–Kier alpha value is -1.10. The van der Waals surface area contributed by atoms with E-state index in [2.05, 4.69) is 16.0 Å². The maximum atomic E-state index is 11.9. The largest absolute Gasteiger partial charge is 0.353 e. The van der Waals surface area contributed by atoms with Gasteiger partial charge >= 0.3 is 0 Å². The van der Waals surface area contributed by atoms with Crippen LogP contribution in [0.2, 0.25) is 0 Å². The highest BCUT2D eigenvalue weighted by Gasteiger charge is 2.20. The first-order valence-corrected chi connectivity index (χ1v) is 7.77. The third-order valence-electron chi connectivity index (χ3n) is 4.04. The SMILES string of the molecule is CNC(C)CNC(=O)C(C)NC(=O)CC1CCCCC1. The van der Waals surface area contributed by atoms with Crippen LogP contribution < -0.4 is 16.0 Å². The number of nitrogens with one attached hydrogen (secondary N) is 3. The molecule has 1 rings (SSSR count). The van der Waals surface area contributed by atoms with Crippen molar-refractivity contribution in [2.75, 3.05) is 13.6 Å². The summed E-state index contributed by atoms with van der Waals surface area (Å²) in [5.41, 5.74) is 0. The highest BCUT2D eigenvalue weighted by Crippen LogP contribution is 2.26. The second-order valence-electron chi connectivity index (χ2n) is 5.93. The number of likely N-dealkylation sites (N-methyl/N-ethyl adjacent to an activating group) is 1. The minimum absolute atomic E-state index is 0.00112. The first-order valence-electron chi connectivity index (χ1n) is 7.77. The molecule has 5 nitrogen and oxygen atoms in total. The number of carbonyl (C=O) groups excluding carboxylic acids is 2. The smallest absolute Gasteiger partial charge is 0.242 e. The minimum Gasteiger partial charge on any atom is -0.353 e. The van der Waals surface area contributed by atoms with Crippen molar-refractivity contribution in [2.45, 2.75) is 64.5 Å². The van der Waals surface area contributed by atoms with E-state index >= 15 is 0 Å². The van der Waals surface area contributed by atoms with Crippen LogP contribution in [0.3, 0.4) is 0 Å². The van der Waals surface area contributed by atoms with Gasteiger partial charge in [-0.15, -0.1) is 0 Å². The van der Waals surface area contributed by atoms with Gasteiger partial charge in [0.15, 0.2) is 0 Å². The van der Waals surface area contributed by atoms with E-state index in [-0.39, 0.29) is 17.9 Å². The lowest BCUT2D eigenvalue weighted by molar-refractivity contribution is -0.129. The van der Waals surface area contributed by atoms with Crippen LogP contribution in [0.4, 0.5) is 0 Å². The van der Waals surface area contributed by atoms with Gasteiger partial charge in [-0.25, -0.2) is 0 Å². The molecule has 116 valence electrons. The van der Waals surface area contributed by atoms with Crippen LogP contribution in [0.15, 0.2) is 0 Å². The van der Waals surface area contributed by atoms with E-state index in [4.69, 9.17) is 0 Å². The van der Waals surface area contributed by atoms with E-state index in [0.717, 1.165) is 12.8 Å². The van der Waals surface area contributed by atoms with Crippen molar-refractivity contribution < 1.29 is 9.59 Å². The summed E-state index contributed by atoms with van der Waals surface area (Å²) in [6.07, 6.45) is 6.61. The van der Waals surface area contributed by atoms with E-state index in [9.17, 15) is 9.59 Å². The van der Waals surface area contributed by atoms with Gasteiger partial charge in [0.25, 0.3) is 0 Å². The van der Waals surface area contributed by atoms with E-state index < -0.39 is 6.04 Å². The fourth-order valence-electron chi connectivity index (χ4n) is 2.53. The fourth-order valence-corrected chi connectivity index (χ4v) is 2.53. The molecule has 0 spiro atoms. The molecule has 5 heteroatoms. The zero-order chi connectivity index (χ0) is 15.0. The van der Waals surface area contributed by atoms with Gasteiger partial charge in [-0.3, -0.25) is 9.59 Å². The molecule has 1 aliphatic rings. The Morgan fingerprint density at radius 3 is 2.40 bits per heavy atom. The summed E-state index contributed by atoms with van der Waals surface area (Å²) in [7, 11) is 1.85. The van der Waals surface area contributed by atoms with E-state index in [1.165, 1.54) is 19.3 Å². The molecule has 2 unspecified atom stereocenters. The Balaban J connectivity index is 2.23. The lowest BCUT2D eigenvalue weighted by atomic mass is 9.87. The average Bonchev–Trinajstić information content (AvgIpc) is 2.45. The molecule has 0 saturated heterocycles. The molecule has 1 saturated carbocycles. The molecular weight excluding hydrogens is 254 g/mol. The van der Waals surface area contributed by atoms with Crippen molar-refractivity contribution in [3.05, 3.63) is 0 Å². The van der Waals surface area contributed by atoms with Gasteiger partial charge in [-0.05, 0) is 39.7 Å². The molecule has 2 atom stereocenters. The molecular formula is C15H29N3O2. The second kappa shape index (κ2) is 8.95. The molecule has 0 aromatic carbocycles. The van der Waals surface area contributed by atoms with Crippen molar-refractivity contribution >= 4 is 11.8 Å². The number of carbonyl (C=O) groups is 2. The minimum atomic E-state index is -0.463. The van der Waals surface area contributed by atoms with Crippen LogP contribution in [0.5, 0.6) is 0 Å². The normalized spacial score (nSPS) is 19.1. The maximum Gasteiger partial charge on any atom is 0.242 e. The van der Waals surface area contributed by atoms with Crippen molar-refractivity contribution in [2.24, 2.45) is 5.92 Å². The van der Waals surface area contributed by atoms with Crippen molar-refractivity contribution in [3.8, 4) is 0 Å². The molecule has 1 aliphatic carbocycles. The molecule has 2 amide bonds. The van der Waals surface area contributed by atoms with Crippen molar-refractivity contribution in [1.29, 1.82) is 0 Å². The Labute approximate surface area is 122 Å². The molecule has 0 heterocycles. The standard InChI is InChI=1S/C15H29N3O2/c1-11(16-3)10-17-15(20)12(2)18-14(19)9-13-7-5-4-6-8-13/h11-13,16H,4-10H2,1-3H3,(H,17,20)(H,18,19). The lowest BCUT2D eigenvalue weighted by Gasteiger charge is -2.22. The van der Waals surface area contributed by atoms with Gasteiger partial charge < -0.3 is 16.0 Å². The summed E-state index contributed by atoms with van der Waals surface area (Å²) >= 11 is 0. The topological polar surface area (TPSA) is 70.2 Å². The van der Waals surface area contributed by atoms with E-state index in [1.54, 1.807) is 6.92 Å². The number of rotatable bonds is 7. The fraction of sp³-hybridized carbons (Fsp3) is 0.867. The first-order chi connectivity index (χ1) is 9.52. The van der Waals surface area contributed by atoms with Gasteiger partial charge in [0.05, 0.1) is 0 Å². The third-order valence-corrected chi connectivity index (χ3v) is 4.04. The molecule has 0 aromatic heterocycles. The number of amides is 2. The zero-order valence-electron chi connectivity index (χ0n) is 13.0. The quantitative estimate of drug-likeness (QED) is 0.657. The Morgan fingerprint density at radius 2 is 1.80 bits per heavy atom. The molecule has 0 bridgehead atoms. The zero-order valence-corrected chi connectivity index (χ0v) is 13.0. The van der Waals surface area contributed by atoms with Gasteiger partial charge in [-0.2, -0.15) is 0 Å². The third kappa shape index (κ3) is 6.37. The van der Waals surface area contributed by atoms with Crippen LogP contribution in [-0.2, 0) is 9.59 Å². The van der Waals surface area contributed by atoms with Crippen LogP contribution in [0.1, 0.15) is 52.4 Å². The van der Waals surface area contributed by atoms with Crippen LogP contribution in [-0.4, -0.2) is 37.5 Å². The van der Waals surface area contributed by atoms with Crippen molar-refractivity contribution in [1.82, 2.24) is 16.0 Å². The van der Waals surface area contributed by atoms with Gasteiger partial charge in [0, 0.05) is 19.0 Å². The molecule has 20 heavy (non-hydrogen) atoms. The van der Waals surface area contributed by atoms with E-state index in [0.29, 0.717) is 18.9 Å². The van der Waals surface area contributed by atoms with Crippen LogP contribution >= 0.6 is 0 Å². The summed E-state index contributed by atoms with van der Waals surface area (Å²) in [4.78, 5) is 23.8. The number of hydrogen-bond donors (Lipinski definition) is 3. The second-order valence-corrected chi connectivity index (χ2v) is 5.93. The average molecular weight is 283 g/mol. The molecule has 1 fully saturated rings. The molecule has 0 radical (unpaired) electrons. The highest BCUT2D eigenvalue weighted by atomic mass is 16.2. The molecule has 0 aromatic rings. The maximum absolute atomic E-state index is 11.9. The highest BCUT2D eigenvalue weighted by molar-refractivity contribution is 5.87. The summed E-state index contributed by atoms with van der Waals surface area (Å²) in [5, 5.41) is 8.68. The lowest BCUT2D eigenvalue weighted by Crippen LogP contribution is -2.48. The molecule has 3 N–H and O–H groups in total. The van der Waals surface area contributed by atoms with Gasteiger partial charge in [-0.1, -0.05) is 19.3 Å². The Kier molecular flexibility index (Phi) is 7.59. The summed E-state index contributed by atoms with van der Waals surface area (Å²) in [6, 6.07) is -0.237. The van der Waals surface area contributed by atoms with E-state index in [1.807, 2.05) is 14.0 Å². The van der Waals surface area contributed by atoms with Gasteiger partial charge in [0.2, 0.25) is 11.8 Å². The molecule has 0 aliphatic heterocycles. The summed E-state index contributed by atoms with van der Waals surface area (Å²) in [5.74, 6) is 0.383. The Bertz CT molecular complexity index is 314. The first kappa shape index (κ1) is 17.0. The van der Waals surface area contributed by atoms with Gasteiger partial charge in [0.1, 0.15) is 6.04 Å². The summed E-state index contributed by atoms with van der Waals surface area (Å²) in [6.45, 7) is 4.29. The van der Waals surface area contributed by atoms with Crippen LogP contribution in [0.25, 0.3) is 0 Å². The predicted octanol–water partition coefficient (Wildman–Crippen LogP) is 1.19.